The third-order valence-corrected chi connectivity index (χ3v) is 2.89. The van der Waals surface area contributed by atoms with Gasteiger partial charge in [0, 0.05) is 12.5 Å². The number of nitrogens with one attached hydrogen (secondary N) is 1. The van der Waals surface area contributed by atoms with Gasteiger partial charge in [-0.2, -0.15) is 0 Å². The van der Waals surface area contributed by atoms with E-state index in [-0.39, 0.29) is 11.8 Å². The molecule has 2 nitrogen and oxygen atoms in total. The molecule has 0 aromatic carbocycles. The van der Waals surface area contributed by atoms with E-state index in [2.05, 4.69) is 26.1 Å². The smallest absolute Gasteiger partial charge is 0.222 e. The number of hydrogen-bond donors (Lipinski definition) is 1. The van der Waals surface area contributed by atoms with Gasteiger partial charge in [-0.25, -0.2) is 0 Å². The summed E-state index contributed by atoms with van der Waals surface area (Å²) in [4.78, 5) is 11.6. The Labute approximate surface area is 88.5 Å². The molecule has 0 saturated heterocycles. The maximum atomic E-state index is 11.6. The second-order valence-corrected chi connectivity index (χ2v) is 4.12. The van der Waals surface area contributed by atoms with Gasteiger partial charge in [-0.15, -0.1) is 0 Å². The molecule has 0 aromatic heterocycles. The van der Waals surface area contributed by atoms with Crippen LogP contribution in [0.25, 0.3) is 0 Å². The molecule has 1 atom stereocenters. The summed E-state index contributed by atoms with van der Waals surface area (Å²) < 4.78 is 0. The summed E-state index contributed by atoms with van der Waals surface area (Å²) in [7, 11) is 0. The summed E-state index contributed by atoms with van der Waals surface area (Å²) in [5.41, 5.74) is 0. The fraction of sp³-hybridized carbons (Fsp3) is 0.917. The van der Waals surface area contributed by atoms with Crippen molar-refractivity contribution in [3.05, 3.63) is 0 Å². The zero-order valence-electron chi connectivity index (χ0n) is 10.1. The summed E-state index contributed by atoms with van der Waals surface area (Å²) in [5.74, 6) is 1.04. The van der Waals surface area contributed by atoms with Crippen LogP contribution in [-0.4, -0.2) is 12.5 Å². The van der Waals surface area contributed by atoms with Crippen LogP contribution in [0, 0.1) is 11.8 Å². The first-order valence-electron chi connectivity index (χ1n) is 5.93. The minimum atomic E-state index is 0.175. The zero-order chi connectivity index (χ0) is 11.0. The molecule has 0 saturated carbocycles. The Morgan fingerprint density at radius 2 is 1.79 bits per heavy atom. The third kappa shape index (κ3) is 5.25. The molecular weight excluding hydrogens is 174 g/mol. The van der Waals surface area contributed by atoms with Gasteiger partial charge in [-0.3, -0.25) is 4.79 Å². The van der Waals surface area contributed by atoms with E-state index in [1.165, 1.54) is 0 Å². The molecule has 2 heteroatoms. The molecular formula is C12H25NO. The fourth-order valence-electron chi connectivity index (χ4n) is 1.56. The van der Waals surface area contributed by atoms with Gasteiger partial charge in [0.15, 0.2) is 0 Å². The molecule has 14 heavy (non-hydrogen) atoms. The van der Waals surface area contributed by atoms with Gasteiger partial charge in [0.25, 0.3) is 0 Å². The average Bonchev–Trinajstić information content (AvgIpc) is 2.19. The lowest BCUT2D eigenvalue weighted by atomic mass is 10.0. The van der Waals surface area contributed by atoms with Crippen LogP contribution in [0.5, 0.6) is 0 Å². The highest BCUT2D eigenvalue weighted by atomic mass is 16.1. The first-order chi connectivity index (χ1) is 6.65. The fourth-order valence-corrected chi connectivity index (χ4v) is 1.56. The predicted octanol–water partition coefficient (Wildman–Crippen LogP) is 2.98. The van der Waals surface area contributed by atoms with Crippen LogP contribution >= 0.6 is 0 Å². The lowest BCUT2D eigenvalue weighted by Crippen LogP contribution is -2.33. The highest BCUT2D eigenvalue weighted by Crippen LogP contribution is 2.08. The van der Waals surface area contributed by atoms with Crippen molar-refractivity contribution in [3.8, 4) is 0 Å². The van der Waals surface area contributed by atoms with Crippen molar-refractivity contribution in [3.63, 3.8) is 0 Å². The van der Waals surface area contributed by atoms with Crippen LogP contribution < -0.4 is 5.32 Å². The van der Waals surface area contributed by atoms with Gasteiger partial charge < -0.3 is 5.32 Å². The van der Waals surface area contributed by atoms with E-state index < -0.39 is 0 Å². The first-order valence-corrected chi connectivity index (χ1v) is 5.93. The van der Waals surface area contributed by atoms with Crippen molar-refractivity contribution in [2.45, 2.75) is 53.4 Å². The van der Waals surface area contributed by atoms with E-state index in [4.69, 9.17) is 0 Å². The molecule has 1 unspecified atom stereocenters. The Morgan fingerprint density at radius 1 is 1.21 bits per heavy atom. The van der Waals surface area contributed by atoms with Crippen molar-refractivity contribution in [2.75, 3.05) is 6.54 Å². The van der Waals surface area contributed by atoms with Crippen LogP contribution in [0.1, 0.15) is 53.4 Å². The first kappa shape index (κ1) is 13.5. The van der Waals surface area contributed by atoms with Crippen LogP contribution in [-0.2, 0) is 4.79 Å². The van der Waals surface area contributed by atoms with Gasteiger partial charge in [-0.1, -0.05) is 47.0 Å². The quantitative estimate of drug-likeness (QED) is 0.671. The Hall–Kier alpha value is -0.530. The molecule has 0 aliphatic carbocycles. The lowest BCUT2D eigenvalue weighted by molar-refractivity contribution is -0.124. The number of rotatable bonds is 7. The zero-order valence-corrected chi connectivity index (χ0v) is 10.1. The Bertz CT molecular complexity index is 152. The highest BCUT2D eigenvalue weighted by molar-refractivity contribution is 5.78. The summed E-state index contributed by atoms with van der Waals surface area (Å²) in [6.45, 7) is 9.32. The molecule has 0 rings (SSSR count). The summed E-state index contributed by atoms with van der Waals surface area (Å²) >= 11 is 0. The second-order valence-electron chi connectivity index (χ2n) is 4.12. The third-order valence-electron chi connectivity index (χ3n) is 2.89. The van der Waals surface area contributed by atoms with E-state index in [0.717, 1.165) is 32.2 Å². The summed E-state index contributed by atoms with van der Waals surface area (Å²) in [6, 6.07) is 0. The van der Waals surface area contributed by atoms with Crippen LogP contribution in [0.3, 0.4) is 0 Å². The molecule has 0 radical (unpaired) electrons. The van der Waals surface area contributed by atoms with E-state index >= 15 is 0 Å². The number of carbonyl (C=O) groups is 1. The standard InChI is InChI=1S/C12H25NO/c1-5-8-10(4)12(14)13-9-11(6-2)7-3/h10-11H,5-9H2,1-4H3,(H,13,14). The van der Waals surface area contributed by atoms with Crippen LogP contribution in [0.4, 0.5) is 0 Å². The van der Waals surface area contributed by atoms with Crippen molar-refractivity contribution < 1.29 is 4.79 Å². The Morgan fingerprint density at radius 3 is 2.21 bits per heavy atom. The number of carbonyl (C=O) groups excluding carboxylic acids is 1. The minimum absolute atomic E-state index is 0.175. The number of hydrogen-bond acceptors (Lipinski definition) is 1. The van der Waals surface area contributed by atoms with Gasteiger partial charge in [-0.05, 0) is 12.3 Å². The topological polar surface area (TPSA) is 29.1 Å². The molecule has 0 heterocycles. The van der Waals surface area contributed by atoms with E-state index in [9.17, 15) is 4.79 Å². The molecule has 0 bridgehead atoms. The molecule has 1 N–H and O–H groups in total. The second kappa shape index (κ2) is 7.84. The maximum absolute atomic E-state index is 11.6. The van der Waals surface area contributed by atoms with Gasteiger partial charge >= 0.3 is 0 Å². The van der Waals surface area contributed by atoms with Crippen molar-refractivity contribution >= 4 is 5.91 Å². The minimum Gasteiger partial charge on any atom is -0.356 e. The van der Waals surface area contributed by atoms with E-state index in [1.54, 1.807) is 0 Å². The predicted molar refractivity (Wildman–Crippen MR) is 61.2 cm³/mol. The summed E-state index contributed by atoms with van der Waals surface area (Å²) in [6.07, 6.45) is 4.38. The van der Waals surface area contributed by atoms with Crippen LogP contribution in [0.15, 0.2) is 0 Å². The van der Waals surface area contributed by atoms with Crippen molar-refractivity contribution in [2.24, 2.45) is 11.8 Å². The molecule has 0 aliphatic rings. The molecule has 0 spiro atoms. The molecule has 0 aromatic rings. The largest absolute Gasteiger partial charge is 0.356 e. The van der Waals surface area contributed by atoms with Crippen LogP contribution in [0.2, 0.25) is 0 Å². The maximum Gasteiger partial charge on any atom is 0.222 e. The molecule has 1 amide bonds. The van der Waals surface area contributed by atoms with Crippen molar-refractivity contribution in [1.29, 1.82) is 0 Å². The molecule has 84 valence electrons. The highest BCUT2D eigenvalue weighted by Gasteiger charge is 2.12. The number of amides is 1. The average molecular weight is 199 g/mol. The van der Waals surface area contributed by atoms with E-state index in [0.29, 0.717) is 5.92 Å². The van der Waals surface area contributed by atoms with Crippen molar-refractivity contribution in [1.82, 2.24) is 5.32 Å². The SMILES string of the molecule is CCCC(C)C(=O)NCC(CC)CC. The van der Waals surface area contributed by atoms with E-state index in [1.807, 2.05) is 6.92 Å². The summed E-state index contributed by atoms with van der Waals surface area (Å²) in [5, 5.41) is 3.03. The van der Waals surface area contributed by atoms with Gasteiger partial charge in [0.1, 0.15) is 0 Å². The Balaban J connectivity index is 3.71. The molecule has 0 aliphatic heterocycles. The Kier molecular flexibility index (Phi) is 7.54. The van der Waals surface area contributed by atoms with Gasteiger partial charge in [0.2, 0.25) is 5.91 Å². The molecule has 0 fully saturated rings. The lowest BCUT2D eigenvalue weighted by Gasteiger charge is -2.15. The van der Waals surface area contributed by atoms with Gasteiger partial charge in [0.05, 0.1) is 0 Å². The monoisotopic (exact) mass is 199 g/mol. The normalized spacial score (nSPS) is 12.9.